The average Bonchev–Trinajstić information content (AvgIpc) is 2.48. The lowest BCUT2D eigenvalue weighted by atomic mass is 10.1. The van der Waals surface area contributed by atoms with Gasteiger partial charge in [-0.05, 0) is 24.3 Å². The SMILES string of the molecule is CN(C)/C=C(/Oc1ccc(Cl)nc1)C(=O)c1ccccc1Cl. The summed E-state index contributed by atoms with van der Waals surface area (Å²) in [4.78, 5) is 18.3. The molecule has 1 aromatic carbocycles. The van der Waals surface area contributed by atoms with Crippen LogP contribution in [0.5, 0.6) is 5.75 Å². The minimum Gasteiger partial charge on any atom is -0.450 e. The van der Waals surface area contributed by atoms with E-state index in [1.807, 2.05) is 0 Å². The van der Waals surface area contributed by atoms with E-state index in [9.17, 15) is 4.79 Å². The topological polar surface area (TPSA) is 42.4 Å². The number of ether oxygens (including phenoxy) is 1. The van der Waals surface area contributed by atoms with Crippen LogP contribution in [0.15, 0.2) is 54.6 Å². The smallest absolute Gasteiger partial charge is 0.231 e. The van der Waals surface area contributed by atoms with E-state index in [0.717, 1.165) is 0 Å². The number of carbonyl (C=O) groups excluding carboxylic acids is 1. The van der Waals surface area contributed by atoms with Gasteiger partial charge < -0.3 is 9.64 Å². The number of ketones is 1. The minimum absolute atomic E-state index is 0.141. The molecular formula is C16H14Cl2N2O2. The normalized spacial score (nSPS) is 11.2. The van der Waals surface area contributed by atoms with Gasteiger partial charge in [0.2, 0.25) is 5.78 Å². The van der Waals surface area contributed by atoms with Crippen LogP contribution in [0, 0.1) is 0 Å². The molecule has 0 saturated heterocycles. The van der Waals surface area contributed by atoms with Crippen molar-refractivity contribution in [2.24, 2.45) is 0 Å². The third-order valence-corrected chi connectivity index (χ3v) is 3.20. The number of benzene rings is 1. The third kappa shape index (κ3) is 4.23. The monoisotopic (exact) mass is 336 g/mol. The maximum Gasteiger partial charge on any atom is 0.231 e. The van der Waals surface area contributed by atoms with E-state index in [2.05, 4.69) is 4.98 Å². The van der Waals surface area contributed by atoms with Gasteiger partial charge in [0, 0.05) is 25.9 Å². The second-order valence-corrected chi connectivity index (χ2v) is 5.48. The lowest BCUT2D eigenvalue weighted by Gasteiger charge is -2.13. The van der Waals surface area contributed by atoms with Crippen LogP contribution in [-0.4, -0.2) is 29.8 Å². The first-order chi connectivity index (χ1) is 10.5. The fourth-order valence-corrected chi connectivity index (χ4v) is 2.03. The molecule has 114 valence electrons. The van der Waals surface area contributed by atoms with Gasteiger partial charge in [-0.15, -0.1) is 0 Å². The van der Waals surface area contributed by atoms with E-state index in [1.54, 1.807) is 61.6 Å². The highest BCUT2D eigenvalue weighted by Crippen LogP contribution is 2.22. The molecule has 22 heavy (non-hydrogen) atoms. The molecule has 0 atom stereocenters. The fourth-order valence-electron chi connectivity index (χ4n) is 1.69. The molecule has 6 heteroatoms. The molecule has 0 radical (unpaired) electrons. The molecule has 0 amide bonds. The standard InChI is InChI=1S/C16H14Cl2N2O2/c1-20(2)10-14(22-11-7-8-15(18)19-9-11)16(21)12-5-3-4-6-13(12)17/h3-10H,1-2H3/b14-10+. The molecule has 0 aliphatic carbocycles. The van der Waals surface area contributed by atoms with Gasteiger partial charge in [-0.25, -0.2) is 4.98 Å². The molecule has 0 N–H and O–H groups in total. The largest absolute Gasteiger partial charge is 0.450 e. The number of halogens is 2. The summed E-state index contributed by atoms with van der Waals surface area (Å²) in [6.45, 7) is 0. The number of allylic oxidation sites excluding steroid dienone is 1. The van der Waals surface area contributed by atoms with Crippen molar-refractivity contribution in [3.63, 3.8) is 0 Å². The maximum atomic E-state index is 12.6. The highest BCUT2D eigenvalue weighted by molar-refractivity contribution is 6.34. The molecule has 0 saturated carbocycles. The predicted molar refractivity (Wildman–Crippen MR) is 87.4 cm³/mol. The first-order valence-corrected chi connectivity index (χ1v) is 7.20. The van der Waals surface area contributed by atoms with Gasteiger partial charge in [0.25, 0.3) is 0 Å². The van der Waals surface area contributed by atoms with E-state index in [4.69, 9.17) is 27.9 Å². The second kappa shape index (κ2) is 7.29. The van der Waals surface area contributed by atoms with Gasteiger partial charge in [0.05, 0.1) is 11.2 Å². The molecule has 1 aromatic heterocycles. The van der Waals surface area contributed by atoms with Crippen molar-refractivity contribution in [2.45, 2.75) is 0 Å². The van der Waals surface area contributed by atoms with Crippen molar-refractivity contribution in [1.29, 1.82) is 0 Å². The molecule has 1 heterocycles. The van der Waals surface area contributed by atoms with Crippen LogP contribution in [0.3, 0.4) is 0 Å². The molecule has 4 nitrogen and oxygen atoms in total. The molecule has 0 spiro atoms. The number of pyridine rings is 1. The van der Waals surface area contributed by atoms with Gasteiger partial charge in [-0.2, -0.15) is 0 Å². The zero-order chi connectivity index (χ0) is 16.1. The number of nitrogens with zero attached hydrogens (tertiary/aromatic N) is 2. The van der Waals surface area contributed by atoms with E-state index in [1.165, 1.54) is 6.20 Å². The highest BCUT2D eigenvalue weighted by Gasteiger charge is 2.18. The van der Waals surface area contributed by atoms with Crippen molar-refractivity contribution in [1.82, 2.24) is 9.88 Å². The summed E-state index contributed by atoms with van der Waals surface area (Å²) in [6.07, 6.45) is 3.03. The lowest BCUT2D eigenvalue weighted by Crippen LogP contribution is -2.15. The van der Waals surface area contributed by atoms with Crippen molar-refractivity contribution in [3.05, 3.63) is 70.3 Å². The Labute approximate surface area is 138 Å². The summed E-state index contributed by atoms with van der Waals surface area (Å²) >= 11 is 11.8. The number of hydrogen-bond acceptors (Lipinski definition) is 4. The Balaban J connectivity index is 2.33. The summed E-state index contributed by atoms with van der Waals surface area (Å²) in [5, 5.41) is 0.720. The molecule has 2 aromatic rings. The molecule has 0 bridgehead atoms. The quantitative estimate of drug-likeness (QED) is 0.357. The van der Waals surface area contributed by atoms with Crippen molar-refractivity contribution in [3.8, 4) is 5.75 Å². The molecule has 0 aliphatic heterocycles. The number of carbonyl (C=O) groups is 1. The lowest BCUT2D eigenvalue weighted by molar-refractivity contribution is 0.0982. The van der Waals surface area contributed by atoms with Crippen LogP contribution in [0.25, 0.3) is 0 Å². The number of Topliss-reactive ketones (excluding diaryl/α,β-unsaturated/α-hetero) is 1. The number of hydrogen-bond donors (Lipinski definition) is 0. The average molecular weight is 337 g/mol. The zero-order valence-corrected chi connectivity index (χ0v) is 13.6. The van der Waals surface area contributed by atoms with Crippen LogP contribution in [-0.2, 0) is 0 Å². The first kappa shape index (κ1) is 16.3. The Bertz CT molecular complexity index is 698. The molecule has 0 fully saturated rings. The van der Waals surface area contributed by atoms with Gasteiger partial charge >= 0.3 is 0 Å². The predicted octanol–water partition coefficient (Wildman–Crippen LogP) is 4.05. The van der Waals surface area contributed by atoms with Gasteiger partial charge in [0.1, 0.15) is 10.9 Å². The summed E-state index contributed by atoms with van der Waals surface area (Å²) in [5.74, 6) is 0.245. The maximum absolute atomic E-state index is 12.6. The zero-order valence-electron chi connectivity index (χ0n) is 12.1. The Morgan fingerprint density at radius 3 is 2.50 bits per heavy atom. The number of rotatable bonds is 5. The van der Waals surface area contributed by atoms with Crippen LogP contribution >= 0.6 is 23.2 Å². The van der Waals surface area contributed by atoms with Gasteiger partial charge in [0.15, 0.2) is 5.76 Å². The molecule has 0 unspecified atom stereocenters. The summed E-state index contributed by atoms with van der Waals surface area (Å²) in [5.41, 5.74) is 0.374. The third-order valence-electron chi connectivity index (χ3n) is 2.65. The van der Waals surface area contributed by atoms with E-state index >= 15 is 0 Å². The van der Waals surface area contributed by atoms with Gasteiger partial charge in [-0.3, -0.25) is 4.79 Å². The Morgan fingerprint density at radius 1 is 1.18 bits per heavy atom. The molecule has 0 aliphatic rings. The fraction of sp³-hybridized carbons (Fsp3) is 0.125. The molecule has 2 rings (SSSR count). The van der Waals surface area contributed by atoms with Crippen molar-refractivity contribution in [2.75, 3.05) is 14.1 Å². The van der Waals surface area contributed by atoms with Crippen molar-refractivity contribution >= 4 is 29.0 Å². The Hall–Kier alpha value is -2.04. The Morgan fingerprint density at radius 2 is 1.91 bits per heavy atom. The van der Waals surface area contributed by atoms with E-state index in [-0.39, 0.29) is 11.5 Å². The van der Waals surface area contributed by atoms with E-state index < -0.39 is 0 Å². The van der Waals surface area contributed by atoms with Crippen LogP contribution in [0.4, 0.5) is 0 Å². The Kier molecular flexibility index (Phi) is 5.41. The van der Waals surface area contributed by atoms with Gasteiger partial charge in [-0.1, -0.05) is 35.3 Å². The first-order valence-electron chi connectivity index (χ1n) is 6.44. The number of aromatic nitrogens is 1. The van der Waals surface area contributed by atoms with Crippen LogP contribution in [0.2, 0.25) is 10.2 Å². The highest BCUT2D eigenvalue weighted by atomic mass is 35.5. The minimum atomic E-state index is -0.311. The second-order valence-electron chi connectivity index (χ2n) is 4.68. The van der Waals surface area contributed by atoms with Crippen LogP contribution < -0.4 is 4.74 Å². The van der Waals surface area contributed by atoms with Crippen LogP contribution in [0.1, 0.15) is 10.4 Å². The molecular weight excluding hydrogens is 323 g/mol. The van der Waals surface area contributed by atoms with E-state index in [0.29, 0.717) is 21.5 Å². The summed E-state index contributed by atoms with van der Waals surface area (Å²) in [7, 11) is 3.59. The van der Waals surface area contributed by atoms with Crippen molar-refractivity contribution < 1.29 is 9.53 Å². The summed E-state index contributed by atoms with van der Waals surface area (Å²) < 4.78 is 5.64. The summed E-state index contributed by atoms with van der Waals surface area (Å²) in [6, 6.07) is 10.0.